The number of non-ortho nitro benzene ring substituents is 1. The van der Waals surface area contributed by atoms with Gasteiger partial charge in [0.05, 0.1) is 16.4 Å². The fourth-order valence-corrected chi connectivity index (χ4v) is 6.81. The van der Waals surface area contributed by atoms with Crippen molar-refractivity contribution in [2.24, 2.45) is 5.92 Å². The van der Waals surface area contributed by atoms with Gasteiger partial charge in [0.15, 0.2) is 0 Å². The van der Waals surface area contributed by atoms with Crippen molar-refractivity contribution in [3.05, 3.63) is 193 Å². The van der Waals surface area contributed by atoms with Crippen LogP contribution in [0.15, 0.2) is 127 Å². The van der Waals surface area contributed by atoms with E-state index in [-0.39, 0.29) is 30.0 Å². The Balaban J connectivity index is 1.45. The van der Waals surface area contributed by atoms with Crippen LogP contribution < -0.4 is 14.2 Å². The molecule has 8 bridgehead atoms. The molecule has 0 amide bonds. The highest BCUT2D eigenvalue weighted by molar-refractivity contribution is 5.91. The minimum Gasteiger partial charge on any atom is -0.507 e. The molecule has 9 nitrogen and oxygen atoms in total. The molecule has 0 heterocycles. The van der Waals surface area contributed by atoms with E-state index in [9.17, 15) is 24.8 Å². The molecule has 0 unspecified atom stereocenters. The number of phenolic OH excluding ortho intramolecular Hbond substituents is 1. The fourth-order valence-electron chi connectivity index (χ4n) is 6.81. The maximum absolute atomic E-state index is 13.7. The van der Waals surface area contributed by atoms with Gasteiger partial charge in [0.2, 0.25) is 0 Å². The van der Waals surface area contributed by atoms with Gasteiger partial charge in [-0.2, -0.15) is 0 Å². The van der Waals surface area contributed by atoms with Gasteiger partial charge in [0.25, 0.3) is 5.69 Å². The van der Waals surface area contributed by atoms with Gasteiger partial charge in [-0.15, -0.1) is 0 Å². The van der Waals surface area contributed by atoms with Crippen LogP contribution in [0, 0.1) is 16.0 Å². The Labute approximate surface area is 318 Å². The van der Waals surface area contributed by atoms with Crippen LogP contribution in [0.4, 0.5) is 5.69 Å². The minimum atomic E-state index is -0.571. The average Bonchev–Trinajstić information content (AvgIpc) is 3.18. The lowest BCUT2D eigenvalue weighted by Crippen LogP contribution is -2.18. The molecule has 6 aromatic rings. The number of phenols is 1. The molecule has 55 heavy (non-hydrogen) atoms. The number of aromatic hydroxyl groups is 1. The van der Waals surface area contributed by atoms with Gasteiger partial charge in [-0.3, -0.25) is 14.9 Å². The predicted molar refractivity (Wildman–Crippen MR) is 208 cm³/mol. The monoisotopic (exact) mass is 733 g/mol. The molecule has 0 fully saturated rings. The summed E-state index contributed by atoms with van der Waals surface area (Å²) in [6.07, 6.45) is 0.653. The van der Waals surface area contributed by atoms with Crippen molar-refractivity contribution in [1.82, 2.24) is 0 Å². The van der Waals surface area contributed by atoms with E-state index in [1.54, 1.807) is 50.2 Å². The number of para-hydroxylation sites is 3. The van der Waals surface area contributed by atoms with Crippen LogP contribution in [0.5, 0.6) is 23.0 Å². The lowest BCUT2D eigenvalue weighted by molar-refractivity contribution is -0.385. The van der Waals surface area contributed by atoms with Crippen LogP contribution >= 0.6 is 0 Å². The molecule has 0 saturated carbocycles. The lowest BCUT2D eigenvalue weighted by atomic mass is 9.91. The molecule has 0 spiro atoms. The topological polar surface area (TPSA) is 125 Å². The number of fused-ring (bicyclic) bond motifs is 8. The van der Waals surface area contributed by atoms with Crippen molar-refractivity contribution >= 4 is 17.6 Å². The molecule has 9 heteroatoms. The molecule has 1 aliphatic carbocycles. The van der Waals surface area contributed by atoms with Gasteiger partial charge in [-0.25, -0.2) is 4.79 Å². The Morgan fingerprint density at radius 3 is 1.62 bits per heavy atom. The molecule has 1 aliphatic rings. The Hall–Kier alpha value is -6.74. The first-order valence-corrected chi connectivity index (χ1v) is 18.1. The van der Waals surface area contributed by atoms with Crippen LogP contribution in [0.1, 0.15) is 74.3 Å². The first kappa shape index (κ1) is 36.6. The summed E-state index contributed by atoms with van der Waals surface area (Å²) in [5, 5.41) is 24.1. The summed E-state index contributed by atoms with van der Waals surface area (Å²) in [6.45, 7) is 3.72. The van der Waals surface area contributed by atoms with E-state index in [4.69, 9.17) is 14.2 Å². The molecule has 0 saturated heterocycles. The van der Waals surface area contributed by atoms with Gasteiger partial charge in [-0.1, -0.05) is 117 Å². The van der Waals surface area contributed by atoms with Gasteiger partial charge in [0.1, 0.15) is 29.6 Å². The van der Waals surface area contributed by atoms with Crippen molar-refractivity contribution in [2.45, 2.75) is 46.1 Å². The van der Waals surface area contributed by atoms with E-state index < -0.39 is 22.8 Å². The number of esters is 2. The number of nitro groups is 1. The number of benzene rings is 6. The number of carbonyl (C=O) groups is 2. The molecule has 0 radical (unpaired) electrons. The van der Waals surface area contributed by atoms with E-state index in [0.717, 1.165) is 16.7 Å². The Morgan fingerprint density at radius 1 is 0.618 bits per heavy atom. The second-order valence-corrected chi connectivity index (χ2v) is 13.9. The normalized spacial score (nSPS) is 12.1. The Bertz CT molecular complexity index is 2390. The third-order valence-corrected chi connectivity index (χ3v) is 9.63. The van der Waals surface area contributed by atoms with E-state index >= 15 is 0 Å². The summed E-state index contributed by atoms with van der Waals surface area (Å²) < 4.78 is 18.9. The number of nitro benzene ring substituents is 1. The maximum Gasteiger partial charge on any atom is 0.343 e. The molecule has 1 N–H and O–H groups in total. The SMILES string of the molecule is CC(C)C(=O)Oc1c2cc([N+](=O)[O-])cc1Cc1cccc(c1OC(=O)c1ccccc1)Cc1cccc(c1OCc1ccccc1)Cc1cccc(c1O)C2. The highest BCUT2D eigenvalue weighted by Gasteiger charge is 2.26. The molecule has 0 aromatic heterocycles. The summed E-state index contributed by atoms with van der Waals surface area (Å²) in [5.74, 6) is -0.452. The van der Waals surface area contributed by atoms with Gasteiger partial charge in [0, 0.05) is 48.9 Å². The molecular formula is C46H39NO8. The number of hydrogen-bond donors (Lipinski definition) is 1. The second kappa shape index (κ2) is 16.1. The van der Waals surface area contributed by atoms with Gasteiger partial charge >= 0.3 is 11.9 Å². The molecule has 7 rings (SSSR count). The van der Waals surface area contributed by atoms with Crippen molar-refractivity contribution in [3.8, 4) is 23.0 Å². The molecular weight excluding hydrogens is 695 g/mol. The van der Waals surface area contributed by atoms with Crippen molar-refractivity contribution < 1.29 is 33.8 Å². The zero-order valence-electron chi connectivity index (χ0n) is 30.5. The summed E-state index contributed by atoms with van der Waals surface area (Å²) in [6, 6.07) is 38.1. The lowest BCUT2D eigenvalue weighted by Gasteiger charge is -2.21. The third-order valence-electron chi connectivity index (χ3n) is 9.63. The van der Waals surface area contributed by atoms with Crippen LogP contribution in [0.25, 0.3) is 0 Å². The van der Waals surface area contributed by atoms with Crippen LogP contribution in [0.3, 0.4) is 0 Å². The zero-order chi connectivity index (χ0) is 38.5. The quantitative estimate of drug-likeness (QED) is 0.0709. The first-order chi connectivity index (χ1) is 26.6. The highest BCUT2D eigenvalue weighted by atomic mass is 16.6. The summed E-state index contributed by atoms with van der Waals surface area (Å²) in [5.41, 5.74) is 5.84. The smallest absolute Gasteiger partial charge is 0.343 e. The molecule has 0 atom stereocenters. The van der Waals surface area contributed by atoms with Crippen molar-refractivity contribution in [3.63, 3.8) is 0 Å². The molecule has 0 aliphatic heterocycles. The fraction of sp³-hybridized carbons (Fsp3) is 0.174. The molecule has 6 aromatic carbocycles. The third kappa shape index (κ3) is 8.26. The van der Waals surface area contributed by atoms with E-state index in [0.29, 0.717) is 69.9 Å². The van der Waals surface area contributed by atoms with Crippen molar-refractivity contribution in [1.29, 1.82) is 0 Å². The number of ether oxygens (including phenoxy) is 3. The van der Waals surface area contributed by atoms with E-state index in [1.807, 2.05) is 78.9 Å². The van der Waals surface area contributed by atoms with Crippen LogP contribution in [-0.2, 0) is 37.1 Å². The average molecular weight is 734 g/mol. The standard InChI is InChI=1S/C46H39NO8/c1-29(2)45(49)54-44-38-23-33-17-9-16-32(41(33)48)22-34-18-10-19-35(42(34)53-28-30-12-5-3-6-13-30)24-36-20-11-21-37(25-39(44)27-40(26-38)47(51)52)43(36)55-46(50)31-14-7-4-8-15-31/h3-21,26-27,29,48H,22-25,28H2,1-2H3. The van der Waals surface area contributed by atoms with Gasteiger partial charge < -0.3 is 19.3 Å². The van der Waals surface area contributed by atoms with E-state index in [1.165, 1.54) is 12.1 Å². The van der Waals surface area contributed by atoms with Crippen LogP contribution in [0.2, 0.25) is 0 Å². The minimum absolute atomic E-state index is 0.0179. The predicted octanol–water partition coefficient (Wildman–Crippen LogP) is 9.34. The maximum atomic E-state index is 13.7. The Kier molecular flexibility index (Phi) is 10.7. The van der Waals surface area contributed by atoms with Crippen LogP contribution in [-0.4, -0.2) is 22.0 Å². The highest BCUT2D eigenvalue weighted by Crippen LogP contribution is 2.40. The summed E-state index contributed by atoms with van der Waals surface area (Å²) in [7, 11) is 0. The van der Waals surface area contributed by atoms with E-state index in [2.05, 4.69) is 0 Å². The number of rotatable bonds is 8. The number of carbonyl (C=O) groups excluding carboxylic acids is 2. The second-order valence-electron chi connectivity index (χ2n) is 13.9. The number of hydrogen-bond acceptors (Lipinski definition) is 8. The zero-order valence-corrected chi connectivity index (χ0v) is 30.5. The van der Waals surface area contributed by atoms with Crippen molar-refractivity contribution in [2.75, 3.05) is 0 Å². The Morgan fingerprint density at radius 2 is 1.07 bits per heavy atom. The summed E-state index contributed by atoms with van der Waals surface area (Å²) >= 11 is 0. The first-order valence-electron chi connectivity index (χ1n) is 18.1. The molecule has 276 valence electrons. The number of nitrogens with zero attached hydrogens (tertiary/aromatic N) is 1. The largest absolute Gasteiger partial charge is 0.507 e. The summed E-state index contributed by atoms with van der Waals surface area (Å²) in [4.78, 5) is 38.8. The van der Waals surface area contributed by atoms with Gasteiger partial charge in [-0.05, 0) is 51.1 Å².